The van der Waals surface area contributed by atoms with Crippen LogP contribution in [-0.2, 0) is 0 Å². The Hall–Kier alpha value is -0.120. The minimum Gasteiger partial charge on any atom is -0.379 e. The van der Waals surface area contributed by atoms with Gasteiger partial charge in [-0.1, -0.05) is 181 Å². The van der Waals surface area contributed by atoms with E-state index in [0.717, 1.165) is 25.7 Å². The van der Waals surface area contributed by atoms with E-state index in [0.29, 0.717) is 0 Å². The van der Waals surface area contributed by atoms with Gasteiger partial charge in [-0.25, -0.2) is 0 Å². The Morgan fingerprint density at radius 2 is 0.514 bits per heavy atom. The highest BCUT2D eigenvalue weighted by atomic mass is 16.3. The van der Waals surface area contributed by atoms with E-state index in [1.807, 2.05) is 0 Å². The van der Waals surface area contributed by atoms with Crippen molar-refractivity contribution >= 4 is 0 Å². The van der Waals surface area contributed by atoms with Crippen LogP contribution >= 0.6 is 0 Å². The van der Waals surface area contributed by atoms with Crippen LogP contribution in [0.3, 0.4) is 0 Å². The van der Waals surface area contributed by atoms with E-state index in [2.05, 4.69) is 19.2 Å². The van der Waals surface area contributed by atoms with Crippen LogP contribution in [0.1, 0.15) is 206 Å². The van der Waals surface area contributed by atoms with Gasteiger partial charge in [0, 0.05) is 0 Å². The van der Waals surface area contributed by atoms with Crippen molar-refractivity contribution in [3.8, 4) is 0 Å². The molecule has 0 heterocycles. The Bertz CT molecular complexity index is 403. The second-order valence-electron chi connectivity index (χ2n) is 12.0. The summed E-state index contributed by atoms with van der Waals surface area (Å²) in [6, 6.07) is 0. The van der Waals surface area contributed by atoms with Crippen molar-refractivity contribution in [1.82, 2.24) is 5.32 Å². The molecular formula is C34H71NO2. The summed E-state index contributed by atoms with van der Waals surface area (Å²) in [7, 11) is 0. The lowest BCUT2D eigenvalue weighted by Gasteiger charge is -2.18. The molecule has 0 spiro atoms. The van der Waals surface area contributed by atoms with Crippen molar-refractivity contribution < 1.29 is 10.2 Å². The molecule has 37 heavy (non-hydrogen) atoms. The lowest BCUT2D eigenvalue weighted by molar-refractivity contribution is 0.0310. The maximum absolute atomic E-state index is 10.2. The van der Waals surface area contributed by atoms with E-state index < -0.39 is 12.5 Å². The van der Waals surface area contributed by atoms with Crippen molar-refractivity contribution in [3.63, 3.8) is 0 Å². The van der Waals surface area contributed by atoms with Crippen molar-refractivity contribution in [3.05, 3.63) is 0 Å². The quantitative estimate of drug-likeness (QED) is 0.0604. The summed E-state index contributed by atoms with van der Waals surface area (Å²) >= 11 is 0. The summed E-state index contributed by atoms with van der Waals surface area (Å²) in [6.45, 7) is 4.56. The van der Waals surface area contributed by atoms with Gasteiger partial charge < -0.3 is 10.2 Å². The van der Waals surface area contributed by atoms with Crippen LogP contribution in [0.15, 0.2) is 0 Å². The fraction of sp³-hybridized carbons (Fsp3) is 1.00. The molecule has 0 saturated heterocycles. The first-order valence-corrected chi connectivity index (χ1v) is 17.3. The van der Waals surface area contributed by atoms with E-state index in [4.69, 9.17) is 0 Å². The molecular weight excluding hydrogens is 454 g/mol. The van der Waals surface area contributed by atoms with Gasteiger partial charge in [-0.15, -0.1) is 0 Å². The molecule has 2 atom stereocenters. The Kier molecular flexibility index (Phi) is 32.0. The third-order valence-corrected chi connectivity index (χ3v) is 8.05. The Balaban J connectivity index is 3.25. The third kappa shape index (κ3) is 32.0. The van der Waals surface area contributed by atoms with E-state index in [9.17, 15) is 10.2 Å². The summed E-state index contributed by atoms with van der Waals surface area (Å²) in [5, 5.41) is 23.3. The molecule has 0 bridgehead atoms. The summed E-state index contributed by atoms with van der Waals surface area (Å²) in [6.07, 6.45) is 38.3. The lowest BCUT2D eigenvalue weighted by Crippen LogP contribution is -2.38. The van der Waals surface area contributed by atoms with Gasteiger partial charge in [-0.3, -0.25) is 5.32 Å². The zero-order valence-corrected chi connectivity index (χ0v) is 25.8. The van der Waals surface area contributed by atoms with E-state index in [1.54, 1.807) is 0 Å². The number of rotatable bonds is 32. The predicted molar refractivity (Wildman–Crippen MR) is 165 cm³/mol. The molecule has 224 valence electrons. The summed E-state index contributed by atoms with van der Waals surface area (Å²) in [4.78, 5) is 0. The zero-order chi connectivity index (χ0) is 27.1. The molecule has 0 aliphatic carbocycles. The van der Waals surface area contributed by atoms with Crippen LogP contribution in [-0.4, -0.2) is 22.7 Å². The molecule has 3 nitrogen and oxygen atoms in total. The molecule has 0 aliphatic heterocycles. The number of nitrogens with one attached hydrogen (secondary N) is 1. The molecule has 0 saturated carbocycles. The highest BCUT2D eigenvalue weighted by Gasteiger charge is 2.09. The van der Waals surface area contributed by atoms with Gasteiger partial charge in [-0.2, -0.15) is 0 Å². The van der Waals surface area contributed by atoms with Crippen molar-refractivity contribution in [2.24, 2.45) is 0 Å². The summed E-state index contributed by atoms with van der Waals surface area (Å²) in [5.41, 5.74) is 0. The van der Waals surface area contributed by atoms with Gasteiger partial charge in [0.2, 0.25) is 0 Å². The molecule has 0 fully saturated rings. The molecule has 0 radical (unpaired) electrons. The van der Waals surface area contributed by atoms with Crippen molar-refractivity contribution in [2.75, 3.05) is 0 Å². The monoisotopic (exact) mass is 526 g/mol. The number of hydrogen-bond acceptors (Lipinski definition) is 3. The largest absolute Gasteiger partial charge is 0.379 e. The number of hydrogen-bond donors (Lipinski definition) is 3. The molecule has 0 aromatic heterocycles. The topological polar surface area (TPSA) is 52.5 Å². The molecule has 0 aromatic carbocycles. The minimum absolute atomic E-state index is 0.556. The van der Waals surface area contributed by atoms with Gasteiger partial charge in [0.1, 0.15) is 12.5 Å². The average molecular weight is 526 g/mol. The SMILES string of the molecule is CCCCCCCCCCCCCCCCCCCC(O)NC(O)CCCCCCCCCCCCC. The first kappa shape index (κ1) is 36.9. The van der Waals surface area contributed by atoms with Crippen LogP contribution in [0, 0.1) is 0 Å². The van der Waals surface area contributed by atoms with Gasteiger partial charge in [0.15, 0.2) is 0 Å². The second-order valence-corrected chi connectivity index (χ2v) is 12.0. The van der Waals surface area contributed by atoms with E-state index in [1.165, 1.54) is 167 Å². The standard InChI is InChI=1S/C34H71NO2/c1-3-5-7-9-11-13-15-16-17-18-19-20-22-24-26-28-30-32-34(37)35-33(36)31-29-27-25-23-21-14-12-10-8-6-4-2/h33-37H,3-32H2,1-2H3. The summed E-state index contributed by atoms with van der Waals surface area (Å²) < 4.78 is 0. The Labute approximate surface area is 234 Å². The lowest BCUT2D eigenvalue weighted by atomic mass is 10.0. The smallest absolute Gasteiger partial charge is 0.106 e. The molecule has 0 amide bonds. The highest BCUT2D eigenvalue weighted by molar-refractivity contribution is 4.60. The highest BCUT2D eigenvalue weighted by Crippen LogP contribution is 2.15. The second kappa shape index (κ2) is 32.1. The summed E-state index contributed by atoms with van der Waals surface area (Å²) in [5.74, 6) is 0. The average Bonchev–Trinajstić information content (AvgIpc) is 2.89. The maximum atomic E-state index is 10.2. The maximum Gasteiger partial charge on any atom is 0.106 e. The number of unbranched alkanes of at least 4 members (excludes halogenated alkanes) is 26. The predicted octanol–water partition coefficient (Wildman–Crippen LogP) is 11.0. The zero-order valence-electron chi connectivity index (χ0n) is 25.8. The molecule has 2 unspecified atom stereocenters. The fourth-order valence-electron chi connectivity index (χ4n) is 5.45. The van der Waals surface area contributed by atoms with Crippen LogP contribution in [0.5, 0.6) is 0 Å². The number of aliphatic hydroxyl groups excluding tert-OH is 2. The Morgan fingerprint density at radius 3 is 0.730 bits per heavy atom. The molecule has 3 N–H and O–H groups in total. The molecule has 0 rings (SSSR count). The van der Waals surface area contributed by atoms with Crippen LogP contribution in [0.25, 0.3) is 0 Å². The van der Waals surface area contributed by atoms with Gasteiger partial charge in [0.25, 0.3) is 0 Å². The van der Waals surface area contributed by atoms with Gasteiger partial charge in [0.05, 0.1) is 0 Å². The molecule has 0 aliphatic rings. The van der Waals surface area contributed by atoms with Gasteiger partial charge >= 0.3 is 0 Å². The normalized spacial score (nSPS) is 13.3. The first-order chi connectivity index (χ1) is 18.2. The van der Waals surface area contributed by atoms with Crippen molar-refractivity contribution in [1.29, 1.82) is 0 Å². The van der Waals surface area contributed by atoms with Crippen LogP contribution in [0.2, 0.25) is 0 Å². The van der Waals surface area contributed by atoms with Crippen LogP contribution in [0.4, 0.5) is 0 Å². The Morgan fingerprint density at radius 1 is 0.324 bits per heavy atom. The third-order valence-electron chi connectivity index (χ3n) is 8.05. The minimum atomic E-state index is -0.556. The van der Waals surface area contributed by atoms with Crippen LogP contribution < -0.4 is 5.32 Å². The van der Waals surface area contributed by atoms with E-state index >= 15 is 0 Å². The fourth-order valence-corrected chi connectivity index (χ4v) is 5.45. The van der Waals surface area contributed by atoms with Gasteiger partial charge in [-0.05, 0) is 25.7 Å². The molecule has 0 aromatic rings. The molecule has 3 heteroatoms. The van der Waals surface area contributed by atoms with E-state index in [-0.39, 0.29) is 0 Å². The number of aliphatic hydroxyl groups is 2. The first-order valence-electron chi connectivity index (χ1n) is 17.3. The van der Waals surface area contributed by atoms with Crippen molar-refractivity contribution in [2.45, 2.75) is 219 Å².